The number of nitrogens with one attached hydrogen (secondary N) is 1. The van der Waals surface area contributed by atoms with Crippen molar-refractivity contribution in [1.29, 1.82) is 0 Å². The lowest BCUT2D eigenvalue weighted by molar-refractivity contribution is -0.153. The number of carbonyl (C=O) groups excluding carboxylic acids is 2. The van der Waals surface area contributed by atoms with Crippen molar-refractivity contribution >= 4 is 11.8 Å². The van der Waals surface area contributed by atoms with E-state index >= 15 is 0 Å². The second-order valence-corrected chi connectivity index (χ2v) is 5.45. The third-order valence-electron chi connectivity index (χ3n) is 3.43. The molecule has 114 valence electrons. The van der Waals surface area contributed by atoms with E-state index in [1.165, 1.54) is 0 Å². The summed E-state index contributed by atoms with van der Waals surface area (Å²) in [6.45, 7) is 6.50. The highest BCUT2D eigenvalue weighted by Gasteiger charge is 2.30. The van der Waals surface area contributed by atoms with E-state index in [-0.39, 0.29) is 18.2 Å². The van der Waals surface area contributed by atoms with Gasteiger partial charge in [-0.05, 0) is 32.4 Å². The number of hydrogen-bond acceptors (Lipinski definition) is 4. The number of hydrogen-bond donors (Lipinski definition) is 1. The summed E-state index contributed by atoms with van der Waals surface area (Å²) in [4.78, 5) is 29.8. The largest absolute Gasteiger partial charge is 0.372 e. The van der Waals surface area contributed by atoms with Crippen molar-refractivity contribution in [2.24, 2.45) is 0 Å². The van der Waals surface area contributed by atoms with Gasteiger partial charge >= 0.3 is 11.8 Å². The molecule has 6 heteroatoms. The Morgan fingerprint density at radius 2 is 2.05 bits per heavy atom. The van der Waals surface area contributed by atoms with Gasteiger partial charge in [-0.2, -0.15) is 0 Å². The SMILES string of the molecule is C[C@@H]1CN(C(=O)C(=O)N[C@H](C)c2cccnc2)C[C@H](C)O1. The molecule has 1 aliphatic heterocycles. The molecule has 1 aromatic rings. The topological polar surface area (TPSA) is 71.5 Å². The maximum absolute atomic E-state index is 12.2. The van der Waals surface area contributed by atoms with Crippen LogP contribution in [0.4, 0.5) is 0 Å². The maximum atomic E-state index is 12.2. The van der Waals surface area contributed by atoms with Crippen LogP contribution in [-0.2, 0) is 14.3 Å². The van der Waals surface area contributed by atoms with E-state index in [1.807, 2.05) is 26.8 Å². The maximum Gasteiger partial charge on any atom is 0.312 e. The quantitative estimate of drug-likeness (QED) is 0.822. The fourth-order valence-electron chi connectivity index (χ4n) is 2.46. The highest BCUT2D eigenvalue weighted by Crippen LogP contribution is 2.12. The number of pyridine rings is 1. The van der Waals surface area contributed by atoms with Gasteiger partial charge in [-0.15, -0.1) is 0 Å². The summed E-state index contributed by atoms with van der Waals surface area (Å²) in [6, 6.07) is 3.40. The molecule has 3 atom stereocenters. The number of nitrogens with zero attached hydrogens (tertiary/aromatic N) is 2. The first-order valence-corrected chi connectivity index (χ1v) is 7.12. The van der Waals surface area contributed by atoms with E-state index in [0.717, 1.165) is 5.56 Å². The van der Waals surface area contributed by atoms with Crippen LogP contribution in [0.1, 0.15) is 32.4 Å². The fourth-order valence-corrected chi connectivity index (χ4v) is 2.46. The van der Waals surface area contributed by atoms with Crippen molar-refractivity contribution in [2.45, 2.75) is 39.0 Å². The fraction of sp³-hybridized carbons (Fsp3) is 0.533. The predicted octanol–water partition coefficient (Wildman–Crippen LogP) is 0.895. The Morgan fingerprint density at radius 3 is 2.62 bits per heavy atom. The molecule has 21 heavy (non-hydrogen) atoms. The van der Waals surface area contributed by atoms with Crippen LogP contribution in [0.25, 0.3) is 0 Å². The van der Waals surface area contributed by atoms with Crippen molar-refractivity contribution in [2.75, 3.05) is 13.1 Å². The molecule has 2 heterocycles. The van der Waals surface area contributed by atoms with E-state index in [0.29, 0.717) is 13.1 Å². The number of amides is 2. The minimum Gasteiger partial charge on any atom is -0.372 e. The lowest BCUT2D eigenvalue weighted by Gasteiger charge is -2.35. The lowest BCUT2D eigenvalue weighted by atomic mass is 10.1. The molecule has 0 aromatic carbocycles. The Kier molecular flexibility index (Phi) is 4.90. The zero-order chi connectivity index (χ0) is 15.4. The molecular weight excluding hydrogens is 270 g/mol. The summed E-state index contributed by atoms with van der Waals surface area (Å²) in [5.74, 6) is -1.10. The Bertz CT molecular complexity index is 496. The molecule has 0 saturated carbocycles. The lowest BCUT2D eigenvalue weighted by Crippen LogP contribution is -2.52. The first kappa shape index (κ1) is 15.4. The van der Waals surface area contributed by atoms with E-state index < -0.39 is 11.8 Å². The number of morpholine rings is 1. The third kappa shape index (κ3) is 4.01. The molecule has 1 saturated heterocycles. The van der Waals surface area contributed by atoms with Gasteiger partial charge in [-0.25, -0.2) is 0 Å². The summed E-state index contributed by atoms with van der Waals surface area (Å²) in [5.41, 5.74) is 0.863. The summed E-state index contributed by atoms with van der Waals surface area (Å²) >= 11 is 0. The van der Waals surface area contributed by atoms with Crippen LogP contribution in [0, 0.1) is 0 Å². The van der Waals surface area contributed by atoms with Gasteiger partial charge in [0.25, 0.3) is 0 Å². The summed E-state index contributed by atoms with van der Waals surface area (Å²) < 4.78 is 5.56. The number of carbonyl (C=O) groups is 2. The second kappa shape index (κ2) is 6.67. The summed E-state index contributed by atoms with van der Waals surface area (Å²) in [5, 5.41) is 2.71. The molecule has 0 unspecified atom stereocenters. The average molecular weight is 291 g/mol. The Labute approximate surface area is 124 Å². The van der Waals surface area contributed by atoms with E-state index in [9.17, 15) is 9.59 Å². The average Bonchev–Trinajstić information content (AvgIpc) is 2.46. The highest BCUT2D eigenvalue weighted by atomic mass is 16.5. The first-order valence-electron chi connectivity index (χ1n) is 7.12. The summed E-state index contributed by atoms with van der Waals surface area (Å²) in [6.07, 6.45) is 3.23. The monoisotopic (exact) mass is 291 g/mol. The summed E-state index contributed by atoms with van der Waals surface area (Å²) in [7, 11) is 0. The third-order valence-corrected chi connectivity index (χ3v) is 3.43. The molecule has 1 aliphatic rings. The van der Waals surface area contributed by atoms with Crippen LogP contribution >= 0.6 is 0 Å². The molecule has 1 N–H and O–H groups in total. The van der Waals surface area contributed by atoms with Gasteiger partial charge in [-0.1, -0.05) is 6.07 Å². The molecule has 0 bridgehead atoms. The molecule has 0 spiro atoms. The number of aromatic nitrogens is 1. The minimum atomic E-state index is -0.590. The van der Waals surface area contributed by atoms with Crippen LogP contribution in [0.2, 0.25) is 0 Å². The van der Waals surface area contributed by atoms with Crippen molar-refractivity contribution in [3.05, 3.63) is 30.1 Å². The van der Waals surface area contributed by atoms with Crippen LogP contribution < -0.4 is 5.32 Å². The Balaban J connectivity index is 1.95. The van der Waals surface area contributed by atoms with Gasteiger partial charge in [0.2, 0.25) is 0 Å². The zero-order valence-electron chi connectivity index (χ0n) is 12.6. The molecule has 6 nitrogen and oxygen atoms in total. The number of ether oxygens (including phenoxy) is 1. The van der Waals surface area contributed by atoms with E-state index in [1.54, 1.807) is 23.4 Å². The smallest absolute Gasteiger partial charge is 0.312 e. The molecule has 1 fully saturated rings. The van der Waals surface area contributed by atoms with E-state index in [2.05, 4.69) is 10.3 Å². The van der Waals surface area contributed by atoms with Crippen LogP contribution in [0.3, 0.4) is 0 Å². The Morgan fingerprint density at radius 1 is 1.38 bits per heavy atom. The van der Waals surface area contributed by atoms with Crippen molar-refractivity contribution < 1.29 is 14.3 Å². The molecule has 2 rings (SSSR count). The molecular formula is C15H21N3O3. The molecule has 1 aromatic heterocycles. The standard InChI is InChI=1S/C15H21N3O3/c1-10-8-18(9-11(2)21-10)15(20)14(19)17-12(3)13-5-4-6-16-7-13/h4-7,10-12H,8-9H2,1-3H3,(H,17,19)/t10-,11+,12-/m1/s1. The molecule has 0 radical (unpaired) electrons. The van der Waals surface area contributed by atoms with Crippen molar-refractivity contribution in [3.8, 4) is 0 Å². The van der Waals surface area contributed by atoms with Crippen LogP contribution in [0.5, 0.6) is 0 Å². The van der Waals surface area contributed by atoms with Gasteiger partial charge in [0.05, 0.1) is 18.2 Å². The highest BCUT2D eigenvalue weighted by molar-refractivity contribution is 6.35. The van der Waals surface area contributed by atoms with Crippen molar-refractivity contribution in [3.63, 3.8) is 0 Å². The van der Waals surface area contributed by atoms with Gasteiger partial charge < -0.3 is 15.0 Å². The predicted molar refractivity (Wildman–Crippen MR) is 77.4 cm³/mol. The zero-order valence-corrected chi connectivity index (χ0v) is 12.6. The first-order chi connectivity index (χ1) is 9.97. The van der Waals surface area contributed by atoms with Gasteiger partial charge in [0.1, 0.15) is 0 Å². The van der Waals surface area contributed by atoms with Crippen LogP contribution in [0.15, 0.2) is 24.5 Å². The normalized spacial score (nSPS) is 23.5. The Hall–Kier alpha value is -1.95. The second-order valence-electron chi connectivity index (χ2n) is 5.45. The van der Waals surface area contributed by atoms with E-state index in [4.69, 9.17) is 4.74 Å². The molecule has 0 aliphatic carbocycles. The molecule has 2 amide bonds. The van der Waals surface area contributed by atoms with Gasteiger partial charge in [0, 0.05) is 25.5 Å². The number of rotatable bonds is 2. The minimum absolute atomic E-state index is 0.0544. The van der Waals surface area contributed by atoms with Crippen LogP contribution in [-0.4, -0.2) is 47.0 Å². The van der Waals surface area contributed by atoms with Gasteiger partial charge in [-0.3, -0.25) is 14.6 Å². The van der Waals surface area contributed by atoms with Gasteiger partial charge in [0.15, 0.2) is 0 Å². The van der Waals surface area contributed by atoms with Crippen molar-refractivity contribution in [1.82, 2.24) is 15.2 Å².